The van der Waals surface area contributed by atoms with Crippen LogP contribution in [-0.2, 0) is 15.8 Å². The third-order valence-electron chi connectivity index (χ3n) is 4.22. The molecule has 0 saturated heterocycles. The molecular formula is C18H21NO3S. The molecule has 1 aliphatic rings. The Hall–Kier alpha value is -1.85. The van der Waals surface area contributed by atoms with Gasteiger partial charge in [-0.05, 0) is 31.9 Å². The second-order valence-electron chi connectivity index (χ2n) is 6.18. The van der Waals surface area contributed by atoms with Crippen molar-refractivity contribution in [3.63, 3.8) is 0 Å². The molecule has 5 heteroatoms. The summed E-state index contributed by atoms with van der Waals surface area (Å²) in [6.45, 7) is 4.22. The molecule has 1 unspecified atom stereocenters. The molecular weight excluding hydrogens is 310 g/mol. The van der Waals surface area contributed by atoms with E-state index in [1.165, 1.54) is 4.31 Å². The minimum Gasteiger partial charge on any atom is -0.388 e. The Morgan fingerprint density at radius 1 is 1.09 bits per heavy atom. The Balaban J connectivity index is 1.95. The number of aliphatic hydroxyl groups excluding tert-OH is 1. The lowest BCUT2D eigenvalue weighted by atomic mass is 9.99. The molecule has 2 aromatic rings. The number of aryl methyl sites for hydroxylation is 2. The van der Waals surface area contributed by atoms with Gasteiger partial charge >= 0.3 is 0 Å². The molecule has 2 aromatic carbocycles. The normalized spacial score (nSPS) is 17.9. The van der Waals surface area contributed by atoms with Crippen LogP contribution in [0.1, 0.15) is 34.8 Å². The number of sulfonamides is 1. The maximum atomic E-state index is 12.8. The summed E-state index contributed by atoms with van der Waals surface area (Å²) >= 11 is 0. The van der Waals surface area contributed by atoms with Crippen molar-refractivity contribution >= 4 is 15.7 Å². The van der Waals surface area contributed by atoms with Gasteiger partial charge in [0.25, 0.3) is 0 Å². The van der Waals surface area contributed by atoms with E-state index in [1.54, 1.807) is 6.07 Å². The molecule has 1 heterocycles. The molecule has 0 aromatic heterocycles. The fourth-order valence-corrected chi connectivity index (χ4v) is 4.56. The van der Waals surface area contributed by atoms with Gasteiger partial charge in [-0.25, -0.2) is 8.42 Å². The van der Waals surface area contributed by atoms with Crippen LogP contribution in [0.15, 0.2) is 42.5 Å². The van der Waals surface area contributed by atoms with Crippen LogP contribution in [0.4, 0.5) is 5.69 Å². The molecule has 23 heavy (non-hydrogen) atoms. The zero-order chi connectivity index (χ0) is 16.6. The number of aliphatic hydroxyl groups is 1. The monoisotopic (exact) mass is 331 g/mol. The third kappa shape index (κ3) is 3.26. The van der Waals surface area contributed by atoms with Gasteiger partial charge < -0.3 is 5.11 Å². The molecule has 0 saturated carbocycles. The minimum atomic E-state index is -3.48. The van der Waals surface area contributed by atoms with Gasteiger partial charge in [0.15, 0.2) is 0 Å². The first-order valence-electron chi connectivity index (χ1n) is 7.71. The van der Waals surface area contributed by atoms with E-state index >= 15 is 0 Å². The third-order valence-corrected chi connectivity index (χ3v) is 5.97. The second-order valence-corrected chi connectivity index (χ2v) is 8.07. The summed E-state index contributed by atoms with van der Waals surface area (Å²) in [5.74, 6) is -0.0311. The SMILES string of the molecule is Cc1ccc(CS(=O)(=O)N2CCC(O)c3cc(C)ccc32)cc1. The molecule has 1 aliphatic heterocycles. The van der Waals surface area contributed by atoms with E-state index in [2.05, 4.69) is 0 Å². The maximum Gasteiger partial charge on any atom is 0.239 e. The van der Waals surface area contributed by atoms with Gasteiger partial charge in [0.2, 0.25) is 10.0 Å². The number of fused-ring (bicyclic) bond motifs is 1. The Morgan fingerprint density at radius 2 is 1.74 bits per heavy atom. The lowest BCUT2D eigenvalue weighted by Crippen LogP contribution is -2.37. The first kappa shape index (κ1) is 16.0. The molecule has 122 valence electrons. The van der Waals surface area contributed by atoms with Crippen LogP contribution in [0.2, 0.25) is 0 Å². The maximum absolute atomic E-state index is 12.8. The summed E-state index contributed by atoms with van der Waals surface area (Å²) in [5.41, 5.74) is 4.19. The van der Waals surface area contributed by atoms with E-state index in [0.29, 0.717) is 24.2 Å². The molecule has 1 atom stereocenters. The van der Waals surface area contributed by atoms with Gasteiger partial charge in [-0.15, -0.1) is 0 Å². The van der Waals surface area contributed by atoms with Crippen molar-refractivity contribution in [2.45, 2.75) is 32.1 Å². The summed E-state index contributed by atoms with van der Waals surface area (Å²) in [6, 6.07) is 13.1. The van der Waals surface area contributed by atoms with Crippen molar-refractivity contribution in [2.24, 2.45) is 0 Å². The Kier molecular flexibility index (Phi) is 4.17. The second kappa shape index (κ2) is 5.98. The fraction of sp³-hybridized carbons (Fsp3) is 0.333. The minimum absolute atomic E-state index is 0.0311. The molecule has 4 nitrogen and oxygen atoms in total. The Labute approximate surface area is 137 Å². The van der Waals surface area contributed by atoms with Gasteiger partial charge in [-0.1, -0.05) is 47.5 Å². The standard InChI is InChI=1S/C18H21NO3S/c1-13-3-6-15(7-4-13)12-23(21,22)19-10-9-18(20)16-11-14(2)5-8-17(16)19/h3-8,11,18,20H,9-10,12H2,1-2H3. The topological polar surface area (TPSA) is 57.6 Å². The van der Waals surface area contributed by atoms with Crippen LogP contribution in [0.3, 0.4) is 0 Å². The van der Waals surface area contributed by atoms with Crippen LogP contribution in [0.5, 0.6) is 0 Å². The van der Waals surface area contributed by atoms with E-state index in [0.717, 1.165) is 16.7 Å². The molecule has 0 bridgehead atoms. The van der Waals surface area contributed by atoms with Gasteiger partial charge in [0.05, 0.1) is 17.5 Å². The van der Waals surface area contributed by atoms with Crippen molar-refractivity contribution in [3.05, 3.63) is 64.7 Å². The Bertz CT molecular complexity index is 813. The smallest absolute Gasteiger partial charge is 0.239 e. The van der Waals surface area contributed by atoms with Crippen LogP contribution in [0.25, 0.3) is 0 Å². The van der Waals surface area contributed by atoms with Crippen molar-refractivity contribution in [1.29, 1.82) is 0 Å². The highest BCUT2D eigenvalue weighted by Gasteiger charge is 2.31. The van der Waals surface area contributed by atoms with Gasteiger partial charge in [-0.3, -0.25) is 4.31 Å². The summed E-state index contributed by atoms with van der Waals surface area (Å²) < 4.78 is 27.1. The number of rotatable bonds is 3. The lowest BCUT2D eigenvalue weighted by Gasteiger charge is -2.33. The first-order valence-corrected chi connectivity index (χ1v) is 9.32. The number of benzene rings is 2. The summed E-state index contributed by atoms with van der Waals surface area (Å²) in [7, 11) is -3.48. The molecule has 0 spiro atoms. The quantitative estimate of drug-likeness (QED) is 0.940. The number of hydrogen-bond acceptors (Lipinski definition) is 3. The summed E-state index contributed by atoms with van der Waals surface area (Å²) in [6.07, 6.45) is -0.181. The van der Waals surface area contributed by atoms with Crippen molar-refractivity contribution in [2.75, 3.05) is 10.8 Å². The molecule has 0 radical (unpaired) electrons. The van der Waals surface area contributed by atoms with E-state index < -0.39 is 16.1 Å². The molecule has 0 fully saturated rings. The van der Waals surface area contributed by atoms with Gasteiger partial charge in [0.1, 0.15) is 0 Å². The zero-order valence-electron chi connectivity index (χ0n) is 13.4. The van der Waals surface area contributed by atoms with Crippen LogP contribution >= 0.6 is 0 Å². The number of anilines is 1. The molecule has 3 rings (SSSR count). The predicted octanol–water partition coefficient (Wildman–Crippen LogP) is 3.08. The highest BCUT2D eigenvalue weighted by atomic mass is 32.2. The number of hydrogen-bond donors (Lipinski definition) is 1. The van der Waals surface area contributed by atoms with Crippen molar-refractivity contribution in [1.82, 2.24) is 0 Å². The Morgan fingerprint density at radius 3 is 2.43 bits per heavy atom. The van der Waals surface area contributed by atoms with Crippen molar-refractivity contribution in [3.8, 4) is 0 Å². The highest BCUT2D eigenvalue weighted by Crippen LogP contribution is 2.36. The van der Waals surface area contributed by atoms with E-state index in [-0.39, 0.29) is 5.75 Å². The van der Waals surface area contributed by atoms with Crippen LogP contribution in [-0.4, -0.2) is 20.1 Å². The van der Waals surface area contributed by atoms with E-state index in [9.17, 15) is 13.5 Å². The van der Waals surface area contributed by atoms with Gasteiger partial charge in [0, 0.05) is 12.1 Å². The predicted molar refractivity (Wildman–Crippen MR) is 91.9 cm³/mol. The average molecular weight is 331 g/mol. The molecule has 0 amide bonds. The zero-order valence-corrected chi connectivity index (χ0v) is 14.2. The molecule has 0 aliphatic carbocycles. The highest BCUT2D eigenvalue weighted by molar-refractivity contribution is 7.92. The average Bonchev–Trinajstić information content (AvgIpc) is 2.50. The van der Waals surface area contributed by atoms with E-state index in [4.69, 9.17) is 0 Å². The fourth-order valence-electron chi connectivity index (χ4n) is 2.95. The summed E-state index contributed by atoms with van der Waals surface area (Å²) in [4.78, 5) is 0. The lowest BCUT2D eigenvalue weighted by molar-refractivity contribution is 0.166. The van der Waals surface area contributed by atoms with Crippen LogP contribution in [0, 0.1) is 13.8 Å². The van der Waals surface area contributed by atoms with Crippen LogP contribution < -0.4 is 4.31 Å². The molecule has 1 N–H and O–H groups in total. The largest absolute Gasteiger partial charge is 0.388 e. The van der Waals surface area contributed by atoms with E-state index in [1.807, 2.05) is 50.2 Å². The summed E-state index contributed by atoms with van der Waals surface area (Å²) in [5, 5.41) is 10.2. The van der Waals surface area contributed by atoms with Gasteiger partial charge in [-0.2, -0.15) is 0 Å². The first-order chi connectivity index (χ1) is 10.9. The number of nitrogens with zero attached hydrogens (tertiary/aromatic N) is 1. The van der Waals surface area contributed by atoms with Crippen molar-refractivity contribution < 1.29 is 13.5 Å².